The van der Waals surface area contributed by atoms with E-state index in [-0.39, 0.29) is 24.0 Å². The second-order valence-electron chi connectivity index (χ2n) is 7.55. The van der Waals surface area contributed by atoms with Crippen LogP contribution in [-0.4, -0.2) is 37.2 Å². The third-order valence-corrected chi connectivity index (χ3v) is 5.25. The maximum absolute atomic E-state index is 6.05. The summed E-state index contributed by atoms with van der Waals surface area (Å²) in [6, 6.07) is 9.91. The average Bonchev–Trinajstić information content (AvgIpc) is 3.09. The molecule has 1 aliphatic rings. The maximum atomic E-state index is 6.05. The average molecular weight is 526 g/mol. The molecular weight excluding hydrogens is 491 g/mol. The molecule has 1 fully saturated rings. The van der Waals surface area contributed by atoms with E-state index in [2.05, 4.69) is 20.6 Å². The predicted molar refractivity (Wildman–Crippen MR) is 132 cm³/mol. The number of benzene rings is 1. The van der Waals surface area contributed by atoms with Gasteiger partial charge in [0.05, 0.1) is 18.3 Å². The molecule has 1 aromatic heterocycles. The van der Waals surface area contributed by atoms with Gasteiger partial charge < -0.3 is 19.8 Å². The molecule has 0 amide bonds. The molecule has 0 aliphatic heterocycles. The Labute approximate surface area is 197 Å². The van der Waals surface area contributed by atoms with Crippen LogP contribution in [0.25, 0.3) is 11.5 Å². The number of rotatable bonds is 9. The Balaban J connectivity index is 0.00000320. The van der Waals surface area contributed by atoms with Gasteiger partial charge in [-0.3, -0.25) is 4.99 Å². The Bertz CT molecular complexity index is 728. The lowest BCUT2D eigenvalue weighted by Crippen LogP contribution is -2.37. The van der Waals surface area contributed by atoms with Gasteiger partial charge in [0.15, 0.2) is 5.96 Å². The molecule has 0 unspecified atom stereocenters. The number of halogens is 1. The summed E-state index contributed by atoms with van der Waals surface area (Å²) in [4.78, 5) is 8.80. The number of ether oxygens (including phenoxy) is 1. The molecule has 7 heteroatoms. The monoisotopic (exact) mass is 526 g/mol. The van der Waals surface area contributed by atoms with Crippen LogP contribution < -0.4 is 10.6 Å². The summed E-state index contributed by atoms with van der Waals surface area (Å²) in [6.45, 7) is 2.31. The molecule has 2 N–H and O–H groups in total. The van der Waals surface area contributed by atoms with Gasteiger partial charge in [0.25, 0.3) is 0 Å². The highest BCUT2D eigenvalue weighted by molar-refractivity contribution is 14.0. The van der Waals surface area contributed by atoms with Crippen molar-refractivity contribution in [1.82, 2.24) is 15.6 Å². The van der Waals surface area contributed by atoms with Crippen LogP contribution in [0.5, 0.6) is 0 Å². The van der Waals surface area contributed by atoms with Crippen LogP contribution in [0.1, 0.15) is 57.1 Å². The van der Waals surface area contributed by atoms with Crippen molar-refractivity contribution in [1.29, 1.82) is 0 Å². The summed E-state index contributed by atoms with van der Waals surface area (Å²) in [5, 5.41) is 6.64. The van der Waals surface area contributed by atoms with E-state index < -0.39 is 0 Å². The highest BCUT2D eigenvalue weighted by atomic mass is 127. The van der Waals surface area contributed by atoms with E-state index in [1.54, 1.807) is 13.3 Å². The molecule has 2 aromatic rings. The Morgan fingerprint density at radius 2 is 1.87 bits per heavy atom. The smallest absolute Gasteiger partial charge is 0.226 e. The zero-order valence-corrected chi connectivity index (χ0v) is 20.3. The van der Waals surface area contributed by atoms with E-state index in [0.29, 0.717) is 18.5 Å². The molecule has 0 radical (unpaired) electrons. The molecule has 0 atom stereocenters. The predicted octanol–water partition coefficient (Wildman–Crippen LogP) is 5.14. The highest BCUT2D eigenvalue weighted by Gasteiger charge is 2.12. The van der Waals surface area contributed by atoms with Gasteiger partial charge in [0.2, 0.25) is 5.89 Å². The lowest BCUT2D eigenvalue weighted by atomic mass is 10.1. The zero-order chi connectivity index (χ0) is 20.2. The quantitative estimate of drug-likeness (QED) is 0.156. The molecular formula is C23H35IN4O2. The second kappa shape index (κ2) is 14.4. The molecule has 1 aliphatic carbocycles. The van der Waals surface area contributed by atoms with Crippen molar-refractivity contribution in [3.8, 4) is 11.5 Å². The van der Waals surface area contributed by atoms with Crippen molar-refractivity contribution in [2.45, 2.75) is 64.0 Å². The Morgan fingerprint density at radius 1 is 1.10 bits per heavy atom. The summed E-state index contributed by atoms with van der Waals surface area (Å²) in [6.07, 6.45) is 12.2. The minimum atomic E-state index is 0. The fourth-order valence-corrected chi connectivity index (χ4v) is 3.59. The number of nitrogens with one attached hydrogen (secondary N) is 2. The van der Waals surface area contributed by atoms with Crippen molar-refractivity contribution in [2.75, 3.05) is 20.2 Å². The van der Waals surface area contributed by atoms with Crippen LogP contribution in [0.15, 0.2) is 46.0 Å². The van der Waals surface area contributed by atoms with Crippen molar-refractivity contribution >= 4 is 29.9 Å². The van der Waals surface area contributed by atoms with E-state index in [1.165, 1.54) is 38.5 Å². The third-order valence-electron chi connectivity index (χ3n) is 5.25. The number of hydrogen-bond acceptors (Lipinski definition) is 4. The molecule has 0 bridgehead atoms. The SMILES string of the molecule is CN=C(NCCCCOC1CCCCCC1)NCc1coc(-c2ccccc2)n1.I. The molecule has 6 nitrogen and oxygen atoms in total. The summed E-state index contributed by atoms with van der Waals surface area (Å²) >= 11 is 0. The van der Waals surface area contributed by atoms with Gasteiger partial charge >= 0.3 is 0 Å². The molecule has 1 saturated carbocycles. The second-order valence-corrected chi connectivity index (χ2v) is 7.55. The van der Waals surface area contributed by atoms with Gasteiger partial charge in [-0.25, -0.2) is 4.98 Å². The number of nitrogens with zero attached hydrogens (tertiary/aromatic N) is 2. The van der Waals surface area contributed by atoms with Crippen LogP contribution in [-0.2, 0) is 11.3 Å². The number of aromatic nitrogens is 1. The molecule has 0 saturated heterocycles. The minimum Gasteiger partial charge on any atom is -0.444 e. The number of aliphatic imine (C=N–C) groups is 1. The summed E-state index contributed by atoms with van der Waals surface area (Å²) in [5.74, 6) is 1.41. The Kier molecular flexibility index (Phi) is 11.8. The van der Waals surface area contributed by atoms with E-state index in [9.17, 15) is 0 Å². The van der Waals surface area contributed by atoms with Crippen molar-refractivity contribution in [2.24, 2.45) is 4.99 Å². The maximum Gasteiger partial charge on any atom is 0.226 e. The highest BCUT2D eigenvalue weighted by Crippen LogP contribution is 2.20. The van der Waals surface area contributed by atoms with Crippen LogP contribution >= 0.6 is 24.0 Å². The molecule has 1 aromatic carbocycles. The molecule has 3 rings (SSSR count). The lowest BCUT2D eigenvalue weighted by Gasteiger charge is -2.15. The Morgan fingerprint density at radius 3 is 2.60 bits per heavy atom. The number of unbranched alkanes of at least 4 members (excludes halogenated alkanes) is 1. The van der Waals surface area contributed by atoms with Gasteiger partial charge in [-0.15, -0.1) is 24.0 Å². The Hall–Kier alpha value is -1.61. The van der Waals surface area contributed by atoms with Crippen molar-refractivity contribution < 1.29 is 9.15 Å². The van der Waals surface area contributed by atoms with Gasteiger partial charge in [-0.1, -0.05) is 43.9 Å². The third kappa shape index (κ3) is 8.63. The van der Waals surface area contributed by atoms with Crippen LogP contribution in [0.2, 0.25) is 0 Å². The first-order chi connectivity index (χ1) is 14.3. The first-order valence-electron chi connectivity index (χ1n) is 10.9. The van der Waals surface area contributed by atoms with Gasteiger partial charge in [-0.05, 0) is 37.8 Å². The minimum absolute atomic E-state index is 0. The molecule has 30 heavy (non-hydrogen) atoms. The van der Waals surface area contributed by atoms with Gasteiger partial charge in [0.1, 0.15) is 6.26 Å². The molecule has 0 spiro atoms. The van der Waals surface area contributed by atoms with Crippen LogP contribution in [0.4, 0.5) is 0 Å². The van der Waals surface area contributed by atoms with Crippen LogP contribution in [0, 0.1) is 0 Å². The number of oxazole rings is 1. The van der Waals surface area contributed by atoms with E-state index in [1.807, 2.05) is 30.3 Å². The normalized spacial score (nSPS) is 15.3. The first kappa shape index (κ1) is 24.7. The molecule has 166 valence electrons. The van der Waals surface area contributed by atoms with Gasteiger partial charge in [0, 0.05) is 25.8 Å². The van der Waals surface area contributed by atoms with E-state index in [0.717, 1.165) is 43.2 Å². The fraction of sp³-hybridized carbons (Fsp3) is 0.565. The summed E-state index contributed by atoms with van der Waals surface area (Å²) in [5.41, 5.74) is 1.83. The van der Waals surface area contributed by atoms with E-state index in [4.69, 9.17) is 9.15 Å². The summed E-state index contributed by atoms with van der Waals surface area (Å²) in [7, 11) is 1.78. The fourth-order valence-electron chi connectivity index (χ4n) is 3.59. The summed E-state index contributed by atoms with van der Waals surface area (Å²) < 4.78 is 11.6. The molecule has 1 heterocycles. The van der Waals surface area contributed by atoms with Crippen molar-refractivity contribution in [3.63, 3.8) is 0 Å². The first-order valence-corrected chi connectivity index (χ1v) is 10.9. The zero-order valence-electron chi connectivity index (χ0n) is 17.9. The standard InChI is InChI=1S/C23H34N4O2.HI/c1-24-23(25-15-9-10-16-28-21-13-7-2-3-8-14-21)26-17-20-18-29-22(27-20)19-11-5-4-6-12-19;/h4-6,11-12,18,21H,2-3,7-10,13-17H2,1H3,(H2,24,25,26);1H. The van der Waals surface area contributed by atoms with Crippen LogP contribution in [0.3, 0.4) is 0 Å². The number of guanidine groups is 1. The topological polar surface area (TPSA) is 71.7 Å². The number of hydrogen-bond donors (Lipinski definition) is 2. The lowest BCUT2D eigenvalue weighted by molar-refractivity contribution is 0.0411. The van der Waals surface area contributed by atoms with Crippen molar-refractivity contribution in [3.05, 3.63) is 42.3 Å². The largest absolute Gasteiger partial charge is 0.444 e. The van der Waals surface area contributed by atoms with E-state index >= 15 is 0 Å². The van der Waals surface area contributed by atoms with Gasteiger partial charge in [-0.2, -0.15) is 0 Å².